The van der Waals surface area contributed by atoms with Gasteiger partial charge in [-0.1, -0.05) is 66.7 Å². The maximum Gasteiger partial charge on any atom is 0.0970 e. The summed E-state index contributed by atoms with van der Waals surface area (Å²) in [4.78, 5) is 4.59. The van der Waals surface area contributed by atoms with Crippen molar-refractivity contribution in [3.05, 3.63) is 90.0 Å². The second-order valence-electron chi connectivity index (χ2n) is 6.14. The van der Waals surface area contributed by atoms with Crippen molar-refractivity contribution in [2.24, 2.45) is 4.99 Å². The Morgan fingerprint density at radius 2 is 1.60 bits per heavy atom. The highest BCUT2D eigenvalue weighted by Crippen LogP contribution is 2.38. The molecule has 3 aromatic carbocycles. The molecule has 5 rings (SSSR count). The highest BCUT2D eigenvalue weighted by atomic mass is 32.1. The minimum absolute atomic E-state index is 0.0575. The molecule has 0 amide bonds. The van der Waals surface area contributed by atoms with Crippen molar-refractivity contribution in [2.45, 2.75) is 6.04 Å². The first-order valence-corrected chi connectivity index (χ1v) is 9.17. The van der Waals surface area contributed by atoms with E-state index in [4.69, 9.17) is 0 Å². The van der Waals surface area contributed by atoms with E-state index in [0.29, 0.717) is 0 Å². The number of fused-ring (bicyclic) bond motifs is 3. The molecule has 0 radical (unpaired) electrons. The number of aliphatic imine (C=N–C) groups is 1. The monoisotopic (exact) mass is 340 g/mol. The zero-order valence-corrected chi connectivity index (χ0v) is 14.3. The van der Waals surface area contributed by atoms with E-state index in [9.17, 15) is 0 Å². The Balaban J connectivity index is 1.67. The average Bonchev–Trinajstić information content (AvgIpc) is 3.07. The molecule has 0 saturated heterocycles. The summed E-state index contributed by atoms with van der Waals surface area (Å²) in [5.41, 5.74) is 3.58. The largest absolute Gasteiger partial charge is 0.346 e. The Hall–Kier alpha value is -2.91. The van der Waals surface area contributed by atoms with Gasteiger partial charge >= 0.3 is 0 Å². The standard InChI is InChI=1S/C22H16N2S/c1-2-7-15(8-3-1)19-13-20(24-14-23-19)18-11-6-10-17-16-9-4-5-12-21(16)25-22(17)18/h1-14,19H,(H,23,24). The third kappa shape index (κ3) is 2.44. The van der Waals surface area contributed by atoms with Crippen LogP contribution in [0.3, 0.4) is 0 Å². The zero-order valence-electron chi connectivity index (χ0n) is 13.5. The van der Waals surface area contributed by atoms with Crippen LogP contribution in [-0.2, 0) is 0 Å². The summed E-state index contributed by atoms with van der Waals surface area (Å²) in [5.74, 6) is 0. The SMILES string of the molecule is C1=NC(c2ccccc2)C=C(c2cccc3c2sc2ccccc23)N1. The topological polar surface area (TPSA) is 24.4 Å². The van der Waals surface area contributed by atoms with E-state index in [0.717, 1.165) is 5.70 Å². The molecule has 1 atom stereocenters. The number of thiophene rings is 1. The van der Waals surface area contributed by atoms with Gasteiger partial charge in [0.1, 0.15) is 0 Å². The average molecular weight is 340 g/mol. The zero-order chi connectivity index (χ0) is 16.6. The lowest BCUT2D eigenvalue weighted by molar-refractivity contribution is 0.892. The summed E-state index contributed by atoms with van der Waals surface area (Å²) >= 11 is 1.85. The summed E-state index contributed by atoms with van der Waals surface area (Å²) in [6.45, 7) is 0. The number of nitrogens with one attached hydrogen (secondary N) is 1. The molecule has 2 heterocycles. The fourth-order valence-corrected chi connectivity index (χ4v) is 4.63. The third-order valence-corrected chi connectivity index (χ3v) is 5.84. The van der Waals surface area contributed by atoms with Gasteiger partial charge in [0.15, 0.2) is 0 Å². The van der Waals surface area contributed by atoms with Crippen molar-refractivity contribution in [3.63, 3.8) is 0 Å². The van der Waals surface area contributed by atoms with E-state index >= 15 is 0 Å². The fraction of sp³-hybridized carbons (Fsp3) is 0.0455. The van der Waals surface area contributed by atoms with Crippen molar-refractivity contribution >= 4 is 43.5 Å². The molecule has 1 N–H and O–H groups in total. The second kappa shape index (κ2) is 5.87. The van der Waals surface area contributed by atoms with Crippen LogP contribution in [0.4, 0.5) is 0 Å². The van der Waals surface area contributed by atoms with Gasteiger partial charge in [-0.3, -0.25) is 4.99 Å². The summed E-state index contributed by atoms with van der Waals surface area (Å²) in [7, 11) is 0. The molecule has 0 spiro atoms. The Morgan fingerprint density at radius 1 is 0.800 bits per heavy atom. The molecule has 120 valence electrons. The molecular weight excluding hydrogens is 324 g/mol. The van der Waals surface area contributed by atoms with E-state index in [1.165, 1.54) is 31.3 Å². The minimum Gasteiger partial charge on any atom is -0.346 e. The van der Waals surface area contributed by atoms with E-state index in [1.54, 1.807) is 0 Å². The van der Waals surface area contributed by atoms with E-state index in [-0.39, 0.29) is 6.04 Å². The fourth-order valence-electron chi connectivity index (χ4n) is 3.40. The van der Waals surface area contributed by atoms with Crippen LogP contribution < -0.4 is 5.32 Å². The van der Waals surface area contributed by atoms with Crippen molar-refractivity contribution in [3.8, 4) is 0 Å². The van der Waals surface area contributed by atoms with Crippen molar-refractivity contribution in [2.75, 3.05) is 0 Å². The maximum atomic E-state index is 4.59. The number of nitrogens with zero attached hydrogens (tertiary/aromatic N) is 1. The third-order valence-electron chi connectivity index (χ3n) is 4.62. The first-order chi connectivity index (χ1) is 12.4. The van der Waals surface area contributed by atoms with Crippen LogP contribution in [0.25, 0.3) is 25.9 Å². The molecule has 2 nitrogen and oxygen atoms in total. The Labute approximate surface area is 150 Å². The van der Waals surface area contributed by atoms with Gasteiger partial charge in [0.05, 0.1) is 12.4 Å². The Kier molecular flexibility index (Phi) is 3.39. The molecule has 3 heteroatoms. The van der Waals surface area contributed by atoms with Crippen LogP contribution in [0.1, 0.15) is 17.2 Å². The first kappa shape index (κ1) is 14.4. The predicted molar refractivity (Wildman–Crippen MR) is 108 cm³/mol. The van der Waals surface area contributed by atoms with Crippen LogP contribution in [-0.4, -0.2) is 6.34 Å². The summed E-state index contributed by atoms with van der Waals surface area (Å²) in [6.07, 6.45) is 4.04. The lowest BCUT2D eigenvalue weighted by Crippen LogP contribution is -2.16. The van der Waals surface area contributed by atoms with Crippen molar-refractivity contribution < 1.29 is 0 Å². The molecule has 25 heavy (non-hydrogen) atoms. The highest BCUT2D eigenvalue weighted by molar-refractivity contribution is 7.26. The van der Waals surface area contributed by atoms with Crippen LogP contribution in [0.5, 0.6) is 0 Å². The van der Waals surface area contributed by atoms with Gasteiger partial charge in [-0.2, -0.15) is 0 Å². The van der Waals surface area contributed by atoms with Crippen LogP contribution in [0.2, 0.25) is 0 Å². The molecule has 0 saturated carbocycles. The molecule has 1 aliphatic heterocycles. The molecular formula is C22H16N2S. The van der Waals surface area contributed by atoms with Gasteiger partial charge in [-0.25, -0.2) is 0 Å². The molecule has 1 unspecified atom stereocenters. The van der Waals surface area contributed by atoms with Gasteiger partial charge < -0.3 is 5.32 Å². The smallest absolute Gasteiger partial charge is 0.0970 e. The summed E-state index contributed by atoms with van der Waals surface area (Å²) < 4.78 is 2.65. The summed E-state index contributed by atoms with van der Waals surface area (Å²) in [6, 6.07) is 25.6. The lowest BCUT2D eigenvalue weighted by Gasteiger charge is -2.18. The van der Waals surface area contributed by atoms with E-state index in [2.05, 4.69) is 83.1 Å². The van der Waals surface area contributed by atoms with E-state index < -0.39 is 0 Å². The van der Waals surface area contributed by atoms with Gasteiger partial charge in [-0.15, -0.1) is 11.3 Å². The first-order valence-electron chi connectivity index (χ1n) is 8.36. The molecule has 1 aromatic heterocycles. The number of hydrogen-bond acceptors (Lipinski definition) is 3. The number of hydrogen-bond donors (Lipinski definition) is 1. The van der Waals surface area contributed by atoms with Crippen LogP contribution in [0.15, 0.2) is 83.9 Å². The molecule has 0 aliphatic carbocycles. The maximum absolute atomic E-state index is 4.59. The highest BCUT2D eigenvalue weighted by Gasteiger charge is 2.16. The van der Waals surface area contributed by atoms with Gasteiger partial charge in [0.2, 0.25) is 0 Å². The molecule has 1 aliphatic rings. The van der Waals surface area contributed by atoms with Crippen molar-refractivity contribution in [1.82, 2.24) is 5.32 Å². The minimum atomic E-state index is 0.0575. The molecule has 0 fully saturated rings. The summed E-state index contributed by atoms with van der Waals surface area (Å²) in [5, 5.41) is 5.99. The van der Waals surface area contributed by atoms with Crippen LogP contribution >= 0.6 is 11.3 Å². The molecule has 4 aromatic rings. The molecule has 0 bridgehead atoms. The Bertz CT molecular complexity index is 1120. The van der Waals surface area contributed by atoms with Gasteiger partial charge in [0.25, 0.3) is 0 Å². The predicted octanol–water partition coefficient (Wildman–Crippen LogP) is 5.77. The van der Waals surface area contributed by atoms with Crippen LogP contribution in [0, 0.1) is 0 Å². The number of benzene rings is 3. The van der Waals surface area contributed by atoms with E-state index in [1.807, 2.05) is 23.7 Å². The van der Waals surface area contributed by atoms with Gasteiger partial charge in [-0.05, 0) is 17.7 Å². The quantitative estimate of drug-likeness (QED) is 0.492. The Morgan fingerprint density at radius 3 is 2.52 bits per heavy atom. The van der Waals surface area contributed by atoms with Crippen molar-refractivity contribution in [1.29, 1.82) is 0 Å². The van der Waals surface area contributed by atoms with Gasteiger partial charge in [0, 0.05) is 31.4 Å². The number of rotatable bonds is 2. The lowest BCUT2D eigenvalue weighted by atomic mass is 10.0. The normalized spacial score (nSPS) is 16.8. The second-order valence-corrected chi connectivity index (χ2v) is 7.19.